The molecule has 1 aliphatic rings. The zero-order chi connectivity index (χ0) is 18.2. The summed E-state index contributed by atoms with van der Waals surface area (Å²) in [7, 11) is 0. The van der Waals surface area contributed by atoms with Crippen molar-refractivity contribution in [2.75, 3.05) is 19.7 Å². The lowest BCUT2D eigenvalue weighted by molar-refractivity contribution is -0.124. The van der Waals surface area contributed by atoms with Crippen LogP contribution in [0.3, 0.4) is 0 Å². The third kappa shape index (κ3) is 5.13. The Morgan fingerprint density at radius 1 is 1.19 bits per heavy atom. The van der Waals surface area contributed by atoms with E-state index in [1.54, 1.807) is 24.3 Å². The highest BCUT2D eigenvalue weighted by atomic mass is 16.5. The lowest BCUT2D eigenvalue weighted by Crippen LogP contribution is -2.45. The predicted octanol–water partition coefficient (Wildman–Crippen LogP) is 2.05. The number of ether oxygens (including phenoxy) is 1. The molecule has 2 heterocycles. The van der Waals surface area contributed by atoms with Crippen LogP contribution in [0.2, 0.25) is 0 Å². The van der Waals surface area contributed by atoms with Gasteiger partial charge in [0.1, 0.15) is 5.75 Å². The van der Waals surface area contributed by atoms with E-state index in [4.69, 9.17) is 4.74 Å². The summed E-state index contributed by atoms with van der Waals surface area (Å²) in [6, 6.07) is 11.1. The summed E-state index contributed by atoms with van der Waals surface area (Å²) in [5.41, 5.74) is 1.70. The summed E-state index contributed by atoms with van der Waals surface area (Å²) in [5, 5.41) is 3.02. The summed E-state index contributed by atoms with van der Waals surface area (Å²) in [4.78, 5) is 29.5. The number of carbonyl (C=O) groups excluding carboxylic acids is 2. The number of amides is 1. The number of hydrogen-bond donors (Lipinski definition) is 1. The second-order valence-corrected chi connectivity index (χ2v) is 6.42. The molecule has 6 heteroatoms. The van der Waals surface area contributed by atoms with E-state index in [2.05, 4.69) is 15.2 Å². The molecule has 1 fully saturated rings. The Balaban J connectivity index is 1.40. The first-order valence-electron chi connectivity index (χ1n) is 8.82. The SMILES string of the molecule is O=Cc1ccccc1OCC(=O)NC1CCN(Cc2ccncc2)CC1. The predicted molar refractivity (Wildman–Crippen MR) is 98.0 cm³/mol. The molecule has 0 saturated carbocycles. The third-order valence-electron chi connectivity index (χ3n) is 4.51. The number of rotatable bonds is 7. The quantitative estimate of drug-likeness (QED) is 0.772. The molecule has 136 valence electrons. The molecule has 6 nitrogen and oxygen atoms in total. The van der Waals surface area contributed by atoms with Crippen molar-refractivity contribution in [3.05, 3.63) is 59.9 Å². The van der Waals surface area contributed by atoms with E-state index in [9.17, 15) is 9.59 Å². The fourth-order valence-corrected chi connectivity index (χ4v) is 3.10. The monoisotopic (exact) mass is 353 g/mol. The summed E-state index contributed by atoms with van der Waals surface area (Å²) < 4.78 is 5.47. The maximum Gasteiger partial charge on any atom is 0.258 e. The number of likely N-dealkylation sites (tertiary alicyclic amines) is 1. The van der Waals surface area contributed by atoms with Gasteiger partial charge in [-0.15, -0.1) is 0 Å². The number of benzene rings is 1. The van der Waals surface area contributed by atoms with Gasteiger partial charge in [-0.25, -0.2) is 0 Å². The van der Waals surface area contributed by atoms with Crippen molar-refractivity contribution in [3.8, 4) is 5.75 Å². The number of para-hydroxylation sites is 1. The number of piperidine rings is 1. The minimum atomic E-state index is -0.154. The van der Waals surface area contributed by atoms with Gasteiger partial charge in [0.25, 0.3) is 5.91 Å². The Morgan fingerprint density at radius 3 is 2.65 bits per heavy atom. The topological polar surface area (TPSA) is 71.5 Å². The minimum Gasteiger partial charge on any atom is -0.483 e. The maximum absolute atomic E-state index is 12.1. The lowest BCUT2D eigenvalue weighted by atomic mass is 10.0. The van der Waals surface area contributed by atoms with Crippen molar-refractivity contribution in [1.29, 1.82) is 0 Å². The first kappa shape index (κ1) is 18.1. The van der Waals surface area contributed by atoms with Crippen LogP contribution in [0, 0.1) is 0 Å². The highest BCUT2D eigenvalue weighted by Gasteiger charge is 2.21. The van der Waals surface area contributed by atoms with Crippen LogP contribution in [0.1, 0.15) is 28.8 Å². The Bertz CT molecular complexity index is 728. The van der Waals surface area contributed by atoms with E-state index in [0.717, 1.165) is 38.8 Å². The number of aromatic nitrogens is 1. The number of nitrogens with one attached hydrogen (secondary N) is 1. The molecule has 1 aromatic heterocycles. The summed E-state index contributed by atoms with van der Waals surface area (Å²) in [6.07, 6.45) is 6.19. The van der Waals surface area contributed by atoms with Gasteiger partial charge in [-0.05, 0) is 42.7 Å². The van der Waals surface area contributed by atoms with Gasteiger partial charge in [0, 0.05) is 38.1 Å². The maximum atomic E-state index is 12.1. The van der Waals surface area contributed by atoms with Gasteiger partial charge in [-0.1, -0.05) is 12.1 Å². The molecule has 1 N–H and O–H groups in total. The Morgan fingerprint density at radius 2 is 1.92 bits per heavy atom. The summed E-state index contributed by atoms with van der Waals surface area (Å²) in [5.74, 6) is 0.281. The van der Waals surface area contributed by atoms with Crippen LogP contribution < -0.4 is 10.1 Å². The van der Waals surface area contributed by atoms with E-state index in [1.807, 2.05) is 24.5 Å². The zero-order valence-corrected chi connectivity index (χ0v) is 14.6. The smallest absolute Gasteiger partial charge is 0.258 e. The molecule has 1 saturated heterocycles. The Hall–Kier alpha value is -2.73. The molecule has 1 amide bonds. The van der Waals surface area contributed by atoms with Crippen molar-refractivity contribution >= 4 is 12.2 Å². The highest BCUT2D eigenvalue weighted by molar-refractivity contribution is 5.80. The largest absolute Gasteiger partial charge is 0.483 e. The van der Waals surface area contributed by atoms with Gasteiger partial charge in [0.2, 0.25) is 0 Å². The van der Waals surface area contributed by atoms with Gasteiger partial charge in [0.15, 0.2) is 12.9 Å². The lowest BCUT2D eigenvalue weighted by Gasteiger charge is -2.32. The van der Waals surface area contributed by atoms with E-state index in [-0.39, 0.29) is 18.6 Å². The first-order valence-corrected chi connectivity index (χ1v) is 8.82. The third-order valence-corrected chi connectivity index (χ3v) is 4.51. The van der Waals surface area contributed by atoms with Crippen LogP contribution in [0.15, 0.2) is 48.8 Å². The molecule has 3 rings (SSSR count). The van der Waals surface area contributed by atoms with Gasteiger partial charge < -0.3 is 10.1 Å². The normalized spacial score (nSPS) is 15.4. The molecule has 26 heavy (non-hydrogen) atoms. The molecule has 0 radical (unpaired) electrons. The first-order chi connectivity index (χ1) is 12.7. The van der Waals surface area contributed by atoms with Crippen LogP contribution in [0.25, 0.3) is 0 Å². The second-order valence-electron chi connectivity index (χ2n) is 6.42. The van der Waals surface area contributed by atoms with Crippen LogP contribution in [-0.4, -0.2) is 47.8 Å². The standard InChI is InChI=1S/C20H23N3O3/c24-14-17-3-1-2-4-19(17)26-15-20(25)22-18-7-11-23(12-8-18)13-16-5-9-21-10-6-16/h1-6,9-10,14,18H,7-8,11-13,15H2,(H,22,25). The molecule has 1 aromatic carbocycles. The second kappa shape index (κ2) is 9.10. The molecule has 0 aliphatic carbocycles. The summed E-state index contributed by atoms with van der Waals surface area (Å²) >= 11 is 0. The number of pyridine rings is 1. The van der Waals surface area contributed by atoms with E-state index in [0.29, 0.717) is 11.3 Å². The zero-order valence-electron chi connectivity index (χ0n) is 14.6. The van der Waals surface area contributed by atoms with E-state index in [1.165, 1.54) is 5.56 Å². The fraction of sp³-hybridized carbons (Fsp3) is 0.350. The molecule has 2 aromatic rings. The van der Waals surface area contributed by atoms with Gasteiger partial charge in [-0.3, -0.25) is 19.5 Å². The highest BCUT2D eigenvalue weighted by Crippen LogP contribution is 2.16. The number of hydrogen-bond acceptors (Lipinski definition) is 5. The van der Waals surface area contributed by atoms with Crippen molar-refractivity contribution in [1.82, 2.24) is 15.2 Å². The number of carbonyl (C=O) groups is 2. The average Bonchev–Trinajstić information content (AvgIpc) is 2.69. The van der Waals surface area contributed by atoms with Crippen molar-refractivity contribution in [2.45, 2.75) is 25.4 Å². The molecule has 0 unspecified atom stereocenters. The van der Waals surface area contributed by atoms with Crippen molar-refractivity contribution in [3.63, 3.8) is 0 Å². The average molecular weight is 353 g/mol. The van der Waals surface area contributed by atoms with Gasteiger partial charge in [0.05, 0.1) is 5.56 Å². The number of aldehydes is 1. The Kier molecular flexibility index (Phi) is 6.33. The van der Waals surface area contributed by atoms with Crippen molar-refractivity contribution in [2.24, 2.45) is 0 Å². The van der Waals surface area contributed by atoms with Crippen LogP contribution >= 0.6 is 0 Å². The van der Waals surface area contributed by atoms with E-state index < -0.39 is 0 Å². The van der Waals surface area contributed by atoms with Crippen LogP contribution in [0.5, 0.6) is 5.75 Å². The summed E-state index contributed by atoms with van der Waals surface area (Å²) in [6.45, 7) is 2.72. The van der Waals surface area contributed by atoms with Gasteiger partial charge in [-0.2, -0.15) is 0 Å². The van der Waals surface area contributed by atoms with Crippen LogP contribution in [0.4, 0.5) is 0 Å². The molecular weight excluding hydrogens is 330 g/mol. The van der Waals surface area contributed by atoms with Crippen LogP contribution in [-0.2, 0) is 11.3 Å². The van der Waals surface area contributed by atoms with Gasteiger partial charge >= 0.3 is 0 Å². The number of nitrogens with zero attached hydrogens (tertiary/aromatic N) is 2. The molecule has 1 aliphatic heterocycles. The fourth-order valence-electron chi connectivity index (χ4n) is 3.10. The molecule has 0 atom stereocenters. The van der Waals surface area contributed by atoms with E-state index >= 15 is 0 Å². The van der Waals surface area contributed by atoms with Crippen molar-refractivity contribution < 1.29 is 14.3 Å². The Labute approximate surface area is 153 Å². The minimum absolute atomic E-state index is 0.0813. The molecular formula is C20H23N3O3. The molecule has 0 bridgehead atoms. The molecule has 0 spiro atoms.